The number of allylic oxidation sites excluding steroid dienone is 1. The zero-order chi connectivity index (χ0) is 18.1. The quantitative estimate of drug-likeness (QED) is 0.515. The number of aliphatic imine (C=N–C) groups is 2. The number of nitrogens with zero attached hydrogens (tertiary/aromatic N) is 2. The monoisotopic (exact) mass is 395 g/mol. The molecule has 0 saturated heterocycles. The number of para-hydroxylation sites is 2. The van der Waals surface area contributed by atoms with Crippen LogP contribution in [0.5, 0.6) is 11.5 Å². The Morgan fingerprint density at radius 2 is 1.54 bits per heavy atom. The molecule has 1 unspecified atom stereocenters. The van der Waals surface area contributed by atoms with Crippen molar-refractivity contribution >= 4 is 12.4 Å². The van der Waals surface area contributed by atoms with Gasteiger partial charge in [0.05, 0.1) is 12.6 Å². The number of rotatable bonds is 8. The van der Waals surface area contributed by atoms with E-state index in [9.17, 15) is 10.2 Å². The molecule has 0 amide bonds. The van der Waals surface area contributed by atoms with Crippen LogP contribution in [-0.2, 0) is 16.8 Å². The maximum Gasteiger partial charge on any atom is 0.124 e. The molecule has 0 aliphatic heterocycles. The van der Waals surface area contributed by atoms with E-state index in [-0.39, 0.29) is 34.3 Å². The molecule has 26 heavy (non-hydrogen) atoms. The second kappa shape index (κ2) is 11.3. The van der Waals surface area contributed by atoms with Crippen molar-refractivity contribution in [3.05, 3.63) is 71.8 Å². The van der Waals surface area contributed by atoms with Crippen LogP contribution in [0.2, 0.25) is 0 Å². The molecule has 2 aromatic rings. The molecular formula is C21H24CoN2O2. The Morgan fingerprint density at radius 3 is 2.08 bits per heavy atom. The van der Waals surface area contributed by atoms with Crippen molar-refractivity contribution in [2.45, 2.75) is 25.8 Å². The van der Waals surface area contributed by atoms with E-state index < -0.39 is 0 Å². The molecule has 0 aromatic heterocycles. The third-order valence-corrected chi connectivity index (χ3v) is 3.75. The average molecular weight is 395 g/mol. The van der Waals surface area contributed by atoms with Crippen LogP contribution in [-0.4, -0.2) is 35.2 Å². The second-order valence-electron chi connectivity index (χ2n) is 6.04. The first-order chi connectivity index (χ1) is 12.1. The van der Waals surface area contributed by atoms with E-state index in [0.717, 1.165) is 18.4 Å². The van der Waals surface area contributed by atoms with Crippen molar-refractivity contribution in [3.8, 4) is 11.5 Å². The van der Waals surface area contributed by atoms with Gasteiger partial charge in [-0.1, -0.05) is 29.8 Å². The summed E-state index contributed by atoms with van der Waals surface area (Å²) < 4.78 is 0. The Kier molecular flexibility index (Phi) is 9.40. The molecule has 0 spiro atoms. The summed E-state index contributed by atoms with van der Waals surface area (Å²) in [7, 11) is 0. The SMILES string of the molecule is C=C(C)CCC(CN=Cc1ccccc1O)N=Cc1ccccc1O.[Co]. The van der Waals surface area contributed by atoms with Gasteiger partial charge in [0.1, 0.15) is 11.5 Å². The van der Waals surface area contributed by atoms with Gasteiger partial charge in [-0.15, -0.1) is 6.58 Å². The topological polar surface area (TPSA) is 65.2 Å². The fourth-order valence-electron chi connectivity index (χ4n) is 2.28. The first-order valence-electron chi connectivity index (χ1n) is 8.29. The normalized spacial score (nSPS) is 12.2. The first kappa shape index (κ1) is 21.7. The molecule has 1 radical (unpaired) electrons. The molecule has 139 valence electrons. The van der Waals surface area contributed by atoms with Crippen molar-refractivity contribution in [2.24, 2.45) is 9.98 Å². The van der Waals surface area contributed by atoms with Crippen LogP contribution in [0.4, 0.5) is 0 Å². The standard InChI is InChI=1S/C21H24N2O2.Co/c1-16(2)11-12-19(23-14-18-8-4-6-10-21(18)25)15-22-13-17-7-3-5-9-20(17)24;/h3-10,13-14,19,24-25H,1,11-12,15H2,2H3;. The van der Waals surface area contributed by atoms with Gasteiger partial charge in [-0.05, 0) is 44.0 Å². The molecule has 1 atom stereocenters. The van der Waals surface area contributed by atoms with Crippen LogP contribution < -0.4 is 0 Å². The van der Waals surface area contributed by atoms with Gasteiger partial charge in [0, 0.05) is 40.3 Å². The summed E-state index contributed by atoms with van der Waals surface area (Å²) >= 11 is 0. The van der Waals surface area contributed by atoms with Gasteiger partial charge in [0.2, 0.25) is 0 Å². The van der Waals surface area contributed by atoms with Crippen LogP contribution in [0.1, 0.15) is 30.9 Å². The molecule has 5 heteroatoms. The summed E-state index contributed by atoms with van der Waals surface area (Å²) in [5.41, 5.74) is 2.48. The predicted molar refractivity (Wildman–Crippen MR) is 104 cm³/mol. The van der Waals surface area contributed by atoms with Gasteiger partial charge >= 0.3 is 0 Å². The predicted octanol–water partition coefficient (Wildman–Crippen LogP) is 4.36. The third-order valence-electron chi connectivity index (χ3n) is 3.75. The third kappa shape index (κ3) is 7.25. The van der Waals surface area contributed by atoms with Crippen molar-refractivity contribution in [1.82, 2.24) is 0 Å². The van der Waals surface area contributed by atoms with Gasteiger partial charge in [-0.2, -0.15) is 0 Å². The van der Waals surface area contributed by atoms with E-state index in [4.69, 9.17) is 0 Å². The van der Waals surface area contributed by atoms with Gasteiger partial charge in [-0.25, -0.2) is 0 Å². The van der Waals surface area contributed by atoms with Crippen LogP contribution >= 0.6 is 0 Å². The summed E-state index contributed by atoms with van der Waals surface area (Å²) in [6.07, 6.45) is 5.05. The number of aromatic hydroxyl groups is 2. The molecule has 4 nitrogen and oxygen atoms in total. The Labute approximate surface area is 165 Å². The van der Waals surface area contributed by atoms with Crippen molar-refractivity contribution in [1.29, 1.82) is 0 Å². The average Bonchev–Trinajstić information content (AvgIpc) is 2.59. The summed E-state index contributed by atoms with van der Waals surface area (Å²) in [6, 6.07) is 14.2. The maximum atomic E-state index is 9.83. The number of hydrogen-bond donors (Lipinski definition) is 2. The minimum atomic E-state index is -0.0154. The molecule has 0 fully saturated rings. The van der Waals surface area contributed by atoms with Crippen molar-refractivity contribution < 1.29 is 27.0 Å². The van der Waals surface area contributed by atoms with Crippen LogP contribution in [0, 0.1) is 0 Å². The Hall–Kier alpha value is -2.37. The number of hydrogen-bond acceptors (Lipinski definition) is 4. The molecule has 2 rings (SSSR count). The number of phenols is 2. The molecule has 0 heterocycles. The number of benzene rings is 2. The van der Waals surface area contributed by atoms with Crippen molar-refractivity contribution in [3.63, 3.8) is 0 Å². The van der Waals surface area contributed by atoms with Gasteiger partial charge in [0.15, 0.2) is 0 Å². The van der Waals surface area contributed by atoms with Gasteiger partial charge < -0.3 is 10.2 Å². The maximum absolute atomic E-state index is 9.83. The Bertz CT molecular complexity index is 772. The van der Waals surface area contributed by atoms with E-state index in [1.54, 1.807) is 36.7 Å². The van der Waals surface area contributed by atoms with Crippen LogP contribution in [0.3, 0.4) is 0 Å². The fourth-order valence-corrected chi connectivity index (χ4v) is 2.28. The Morgan fingerprint density at radius 1 is 1.00 bits per heavy atom. The minimum absolute atomic E-state index is 0. The number of phenolic OH excluding ortho intramolecular Hbond substituents is 2. The summed E-state index contributed by atoms with van der Waals surface area (Å²) in [5.74, 6) is 0.421. The molecule has 0 aliphatic rings. The summed E-state index contributed by atoms with van der Waals surface area (Å²) in [4.78, 5) is 9.00. The molecule has 0 bridgehead atoms. The molecule has 0 saturated carbocycles. The first-order valence-corrected chi connectivity index (χ1v) is 8.29. The van der Waals surface area contributed by atoms with E-state index >= 15 is 0 Å². The second-order valence-corrected chi connectivity index (χ2v) is 6.04. The zero-order valence-electron chi connectivity index (χ0n) is 14.8. The fraction of sp³-hybridized carbons (Fsp3) is 0.238. The summed E-state index contributed by atoms with van der Waals surface area (Å²) in [6.45, 7) is 6.44. The van der Waals surface area contributed by atoms with E-state index in [0.29, 0.717) is 17.7 Å². The van der Waals surface area contributed by atoms with E-state index in [1.807, 2.05) is 31.2 Å². The van der Waals surface area contributed by atoms with Crippen LogP contribution in [0.25, 0.3) is 0 Å². The van der Waals surface area contributed by atoms with Gasteiger partial charge in [0.25, 0.3) is 0 Å². The van der Waals surface area contributed by atoms with Crippen molar-refractivity contribution in [2.75, 3.05) is 6.54 Å². The molecular weight excluding hydrogens is 371 g/mol. The Balaban J connectivity index is 0.00000338. The largest absolute Gasteiger partial charge is 0.507 e. The molecule has 0 aliphatic carbocycles. The van der Waals surface area contributed by atoms with E-state index in [2.05, 4.69) is 16.6 Å². The molecule has 2 aromatic carbocycles. The smallest absolute Gasteiger partial charge is 0.124 e. The van der Waals surface area contributed by atoms with E-state index in [1.165, 1.54) is 0 Å². The zero-order valence-corrected chi connectivity index (χ0v) is 15.8. The van der Waals surface area contributed by atoms with Crippen LogP contribution in [0.15, 0.2) is 70.7 Å². The summed E-state index contributed by atoms with van der Waals surface area (Å²) in [5, 5.41) is 19.6. The molecule has 2 N–H and O–H groups in total. The van der Waals surface area contributed by atoms with Gasteiger partial charge in [-0.3, -0.25) is 9.98 Å². The minimum Gasteiger partial charge on any atom is -0.507 e.